The fraction of sp³-hybridized carbons (Fsp3) is 0.316. The summed E-state index contributed by atoms with van der Waals surface area (Å²) in [5, 5.41) is 6.03. The maximum Gasteiger partial charge on any atom is 0.171 e. The highest BCUT2D eigenvalue weighted by Crippen LogP contribution is 2.30. The summed E-state index contributed by atoms with van der Waals surface area (Å²) in [6, 6.07) is 8.74. The Bertz CT molecular complexity index is 771. The predicted molar refractivity (Wildman–Crippen MR) is 103 cm³/mol. The molecule has 0 radical (unpaired) electrons. The topological polar surface area (TPSA) is 42.5 Å². The number of hydrogen-bond acceptors (Lipinski definition) is 3. The molecule has 2 aromatic carbocycles. The van der Waals surface area contributed by atoms with Crippen LogP contribution in [-0.2, 0) is 0 Å². The number of rotatable bonds is 7. The van der Waals surface area contributed by atoms with Crippen molar-refractivity contribution in [3.05, 3.63) is 53.6 Å². The van der Waals surface area contributed by atoms with Gasteiger partial charge in [-0.15, -0.1) is 0 Å². The molecule has 0 fully saturated rings. The largest absolute Gasteiger partial charge is 0.490 e. The van der Waals surface area contributed by atoms with Crippen LogP contribution in [-0.4, -0.2) is 18.3 Å². The van der Waals surface area contributed by atoms with E-state index in [2.05, 4.69) is 10.6 Å². The van der Waals surface area contributed by atoms with Crippen molar-refractivity contribution in [3.8, 4) is 11.5 Å². The second-order valence-corrected chi connectivity index (χ2v) is 5.92. The molecule has 2 N–H and O–H groups in total. The highest BCUT2D eigenvalue weighted by molar-refractivity contribution is 7.80. The predicted octanol–water partition coefficient (Wildman–Crippen LogP) is 4.81. The molecule has 4 nitrogen and oxygen atoms in total. The summed E-state index contributed by atoms with van der Waals surface area (Å²) in [7, 11) is 0. The quantitative estimate of drug-likeness (QED) is 0.675. The van der Waals surface area contributed by atoms with Crippen molar-refractivity contribution in [1.29, 1.82) is 0 Å². The zero-order valence-corrected chi connectivity index (χ0v) is 15.8. The van der Waals surface area contributed by atoms with Crippen LogP contribution in [0, 0.1) is 11.6 Å². The van der Waals surface area contributed by atoms with Crippen molar-refractivity contribution in [1.82, 2.24) is 5.32 Å². The minimum Gasteiger partial charge on any atom is -0.490 e. The summed E-state index contributed by atoms with van der Waals surface area (Å²) in [6.45, 7) is 6.80. The van der Waals surface area contributed by atoms with Crippen molar-refractivity contribution in [2.75, 3.05) is 18.5 Å². The molecule has 26 heavy (non-hydrogen) atoms. The van der Waals surface area contributed by atoms with Gasteiger partial charge in [-0.1, -0.05) is 6.07 Å². The molecule has 0 aromatic heterocycles. The van der Waals surface area contributed by atoms with E-state index in [0.717, 1.165) is 17.7 Å². The fourth-order valence-electron chi connectivity index (χ4n) is 2.37. The lowest BCUT2D eigenvalue weighted by molar-refractivity contribution is 0.287. The van der Waals surface area contributed by atoms with Crippen molar-refractivity contribution in [2.45, 2.75) is 26.8 Å². The van der Waals surface area contributed by atoms with Crippen molar-refractivity contribution < 1.29 is 18.3 Å². The minimum atomic E-state index is -0.707. The van der Waals surface area contributed by atoms with Crippen LogP contribution in [0.15, 0.2) is 36.4 Å². The SMILES string of the molecule is CCOc1ccc(C(C)NC(=S)Nc2ccc(F)cc2F)cc1OCC. The Morgan fingerprint density at radius 2 is 1.73 bits per heavy atom. The zero-order valence-electron chi connectivity index (χ0n) is 14.9. The summed E-state index contributed by atoms with van der Waals surface area (Å²) in [5.74, 6) is -0.0111. The lowest BCUT2D eigenvalue weighted by Gasteiger charge is -2.19. The molecule has 0 saturated carbocycles. The van der Waals surface area contributed by atoms with Crippen LogP contribution in [0.3, 0.4) is 0 Å². The fourth-order valence-corrected chi connectivity index (χ4v) is 2.65. The molecule has 0 bridgehead atoms. The third-order valence-corrected chi connectivity index (χ3v) is 3.81. The first kappa shape index (κ1) is 19.9. The molecular weight excluding hydrogens is 358 g/mol. The van der Waals surface area contributed by atoms with Crippen LogP contribution < -0.4 is 20.1 Å². The van der Waals surface area contributed by atoms with E-state index in [-0.39, 0.29) is 16.8 Å². The van der Waals surface area contributed by atoms with Gasteiger partial charge in [-0.2, -0.15) is 0 Å². The van der Waals surface area contributed by atoms with Crippen LogP contribution in [0.2, 0.25) is 0 Å². The molecule has 0 aliphatic carbocycles. The Morgan fingerprint density at radius 1 is 1.04 bits per heavy atom. The number of hydrogen-bond donors (Lipinski definition) is 2. The average Bonchev–Trinajstić information content (AvgIpc) is 2.59. The molecule has 140 valence electrons. The van der Waals surface area contributed by atoms with E-state index in [1.54, 1.807) is 0 Å². The Morgan fingerprint density at radius 3 is 2.38 bits per heavy atom. The van der Waals surface area contributed by atoms with Gasteiger partial charge >= 0.3 is 0 Å². The van der Waals surface area contributed by atoms with Gasteiger partial charge in [-0.25, -0.2) is 8.78 Å². The zero-order chi connectivity index (χ0) is 19.1. The summed E-state index contributed by atoms with van der Waals surface area (Å²) in [5.41, 5.74) is 1.04. The van der Waals surface area contributed by atoms with E-state index in [1.807, 2.05) is 39.0 Å². The lowest BCUT2D eigenvalue weighted by Crippen LogP contribution is -2.31. The molecule has 2 rings (SSSR count). The van der Waals surface area contributed by atoms with Gasteiger partial charge in [0.25, 0.3) is 0 Å². The normalized spacial score (nSPS) is 11.6. The van der Waals surface area contributed by atoms with E-state index in [4.69, 9.17) is 21.7 Å². The van der Waals surface area contributed by atoms with E-state index < -0.39 is 11.6 Å². The maximum absolute atomic E-state index is 13.7. The molecule has 0 saturated heterocycles. The van der Waals surface area contributed by atoms with Crippen molar-refractivity contribution in [2.24, 2.45) is 0 Å². The third-order valence-electron chi connectivity index (χ3n) is 3.59. The van der Waals surface area contributed by atoms with E-state index in [1.165, 1.54) is 6.07 Å². The van der Waals surface area contributed by atoms with Crippen molar-refractivity contribution >= 4 is 23.0 Å². The average molecular weight is 380 g/mol. The van der Waals surface area contributed by atoms with Gasteiger partial charge in [0.1, 0.15) is 11.6 Å². The first-order valence-electron chi connectivity index (χ1n) is 8.36. The van der Waals surface area contributed by atoms with Gasteiger partial charge in [0, 0.05) is 6.07 Å². The van der Waals surface area contributed by atoms with E-state index in [0.29, 0.717) is 24.7 Å². The molecule has 1 atom stereocenters. The smallest absolute Gasteiger partial charge is 0.171 e. The van der Waals surface area contributed by atoms with Crippen LogP contribution in [0.25, 0.3) is 0 Å². The van der Waals surface area contributed by atoms with Gasteiger partial charge in [0.15, 0.2) is 16.6 Å². The van der Waals surface area contributed by atoms with Gasteiger partial charge in [0.2, 0.25) is 0 Å². The number of halogens is 2. The number of anilines is 1. The Kier molecular flexibility index (Phi) is 7.15. The van der Waals surface area contributed by atoms with E-state index in [9.17, 15) is 8.78 Å². The first-order valence-corrected chi connectivity index (χ1v) is 8.77. The van der Waals surface area contributed by atoms with E-state index >= 15 is 0 Å². The Hall–Kier alpha value is -2.41. The van der Waals surface area contributed by atoms with Crippen LogP contribution in [0.1, 0.15) is 32.4 Å². The summed E-state index contributed by atoms with van der Waals surface area (Å²) in [4.78, 5) is 0. The van der Waals surface area contributed by atoms with Gasteiger partial charge in [-0.3, -0.25) is 0 Å². The summed E-state index contributed by atoms with van der Waals surface area (Å²) >= 11 is 5.22. The molecule has 0 aliphatic heterocycles. The second-order valence-electron chi connectivity index (χ2n) is 5.52. The Balaban J connectivity index is 2.07. The molecule has 0 spiro atoms. The monoisotopic (exact) mass is 380 g/mol. The summed E-state index contributed by atoms with van der Waals surface area (Å²) < 4.78 is 37.8. The third kappa shape index (κ3) is 5.29. The number of nitrogens with one attached hydrogen (secondary N) is 2. The van der Waals surface area contributed by atoms with Crippen molar-refractivity contribution in [3.63, 3.8) is 0 Å². The number of ether oxygens (including phenoxy) is 2. The lowest BCUT2D eigenvalue weighted by atomic mass is 10.1. The number of thiocarbonyl (C=S) groups is 1. The maximum atomic E-state index is 13.7. The molecular formula is C19H22F2N2O2S. The molecule has 2 aromatic rings. The molecule has 1 unspecified atom stereocenters. The second kappa shape index (κ2) is 9.33. The Labute approximate surface area is 157 Å². The molecule has 0 amide bonds. The molecule has 0 aliphatic rings. The van der Waals surface area contributed by atoms with Crippen LogP contribution >= 0.6 is 12.2 Å². The van der Waals surface area contributed by atoms with Gasteiger partial charge < -0.3 is 20.1 Å². The standard InChI is InChI=1S/C19H22F2N2O2S/c1-4-24-17-9-6-13(10-18(17)25-5-2)12(3)22-19(26)23-16-8-7-14(20)11-15(16)21/h6-12H,4-5H2,1-3H3,(H2,22,23,26). The summed E-state index contributed by atoms with van der Waals surface area (Å²) in [6.07, 6.45) is 0. The van der Waals surface area contributed by atoms with Crippen LogP contribution in [0.4, 0.5) is 14.5 Å². The van der Waals surface area contributed by atoms with Gasteiger partial charge in [-0.05, 0) is 62.8 Å². The molecule has 7 heteroatoms. The number of benzene rings is 2. The van der Waals surface area contributed by atoms with Crippen LogP contribution in [0.5, 0.6) is 11.5 Å². The van der Waals surface area contributed by atoms with Gasteiger partial charge in [0.05, 0.1) is 24.9 Å². The highest BCUT2D eigenvalue weighted by Gasteiger charge is 2.13. The first-order chi connectivity index (χ1) is 12.4. The molecule has 0 heterocycles. The highest BCUT2D eigenvalue weighted by atomic mass is 32.1. The minimum absolute atomic E-state index is 0.109.